The van der Waals surface area contributed by atoms with E-state index in [-0.39, 0.29) is 18.9 Å². The molecule has 2 N–H and O–H groups in total. The van der Waals surface area contributed by atoms with E-state index in [0.29, 0.717) is 35.5 Å². The molecule has 0 atom stereocenters. The summed E-state index contributed by atoms with van der Waals surface area (Å²) in [5, 5.41) is 2.55. The van der Waals surface area contributed by atoms with Crippen molar-refractivity contribution in [1.82, 2.24) is 0 Å². The number of sulfonamides is 1. The van der Waals surface area contributed by atoms with Crippen molar-refractivity contribution in [2.24, 2.45) is 0 Å². The van der Waals surface area contributed by atoms with Crippen LogP contribution in [0.3, 0.4) is 0 Å². The van der Waals surface area contributed by atoms with Crippen LogP contribution in [-0.2, 0) is 32.6 Å². The highest BCUT2D eigenvalue weighted by Gasteiger charge is 2.25. The lowest BCUT2D eigenvalue weighted by atomic mass is 10.0. The number of ether oxygens (including phenoxy) is 1. The van der Waals surface area contributed by atoms with E-state index in [1.54, 1.807) is 24.3 Å². The number of hydrogen-bond donors (Lipinski definition) is 2. The molecule has 3 rings (SSSR count). The van der Waals surface area contributed by atoms with Crippen LogP contribution < -0.4 is 10.0 Å². The van der Waals surface area contributed by atoms with E-state index in [2.05, 4.69) is 10.0 Å². The lowest BCUT2D eigenvalue weighted by Crippen LogP contribution is -2.21. The first-order valence-corrected chi connectivity index (χ1v) is 9.70. The topological polar surface area (TPSA) is 84.5 Å². The van der Waals surface area contributed by atoms with Crippen molar-refractivity contribution in [3.05, 3.63) is 53.3 Å². The quantitative estimate of drug-likeness (QED) is 0.809. The minimum absolute atomic E-state index is 0.213. The SMILES string of the molecule is CCOCc1ccccc1NS(=O)(=O)c1cc2c(cc1F)NC(=O)CC2. The first kappa shape index (κ1) is 18.3. The van der Waals surface area contributed by atoms with Gasteiger partial charge in [0.15, 0.2) is 0 Å². The predicted octanol–water partition coefficient (Wildman–Crippen LogP) is 3.05. The second-order valence-corrected chi connectivity index (χ2v) is 7.54. The van der Waals surface area contributed by atoms with Crippen LogP contribution in [0.25, 0.3) is 0 Å². The maximum absolute atomic E-state index is 14.4. The molecule has 26 heavy (non-hydrogen) atoms. The molecule has 138 valence electrons. The number of benzene rings is 2. The maximum Gasteiger partial charge on any atom is 0.264 e. The summed E-state index contributed by atoms with van der Waals surface area (Å²) in [7, 11) is -4.13. The molecule has 0 unspecified atom stereocenters. The van der Waals surface area contributed by atoms with Crippen molar-refractivity contribution < 1.29 is 22.3 Å². The van der Waals surface area contributed by atoms with Gasteiger partial charge < -0.3 is 10.1 Å². The Morgan fingerprint density at radius 3 is 2.77 bits per heavy atom. The number of amides is 1. The van der Waals surface area contributed by atoms with Gasteiger partial charge in [0.25, 0.3) is 10.0 Å². The zero-order valence-electron chi connectivity index (χ0n) is 14.2. The number of aryl methyl sites for hydroxylation is 1. The molecule has 0 saturated heterocycles. The molecule has 0 spiro atoms. The minimum atomic E-state index is -4.13. The highest BCUT2D eigenvalue weighted by Crippen LogP contribution is 2.29. The van der Waals surface area contributed by atoms with Gasteiger partial charge in [0, 0.05) is 24.3 Å². The van der Waals surface area contributed by atoms with Crippen LogP contribution >= 0.6 is 0 Å². The Morgan fingerprint density at radius 2 is 2.00 bits per heavy atom. The van der Waals surface area contributed by atoms with Crippen molar-refractivity contribution >= 4 is 27.3 Å². The van der Waals surface area contributed by atoms with E-state index in [1.807, 2.05) is 6.92 Å². The van der Waals surface area contributed by atoms with Gasteiger partial charge in [0.1, 0.15) is 10.7 Å². The van der Waals surface area contributed by atoms with Crippen LogP contribution in [0, 0.1) is 5.82 Å². The van der Waals surface area contributed by atoms with Crippen molar-refractivity contribution in [2.45, 2.75) is 31.3 Å². The summed E-state index contributed by atoms with van der Waals surface area (Å²) in [6.07, 6.45) is 0.605. The van der Waals surface area contributed by atoms with Gasteiger partial charge in [-0.25, -0.2) is 12.8 Å². The monoisotopic (exact) mass is 378 g/mol. The van der Waals surface area contributed by atoms with Gasteiger partial charge in [-0.2, -0.15) is 0 Å². The summed E-state index contributed by atoms with van der Waals surface area (Å²) in [6.45, 7) is 2.58. The summed E-state index contributed by atoms with van der Waals surface area (Å²) in [5.74, 6) is -1.13. The van der Waals surface area contributed by atoms with Crippen molar-refractivity contribution in [2.75, 3.05) is 16.6 Å². The number of para-hydroxylation sites is 1. The molecule has 0 radical (unpaired) electrons. The van der Waals surface area contributed by atoms with Crippen LogP contribution in [0.2, 0.25) is 0 Å². The van der Waals surface area contributed by atoms with Crippen LogP contribution in [-0.4, -0.2) is 20.9 Å². The van der Waals surface area contributed by atoms with Gasteiger partial charge >= 0.3 is 0 Å². The Balaban J connectivity index is 1.93. The molecular formula is C18H19FN2O4S. The highest BCUT2D eigenvalue weighted by atomic mass is 32.2. The molecule has 1 aliphatic heterocycles. The molecule has 1 amide bonds. The van der Waals surface area contributed by atoms with E-state index < -0.39 is 20.7 Å². The average molecular weight is 378 g/mol. The van der Waals surface area contributed by atoms with Gasteiger partial charge in [-0.05, 0) is 37.1 Å². The van der Waals surface area contributed by atoms with E-state index in [9.17, 15) is 17.6 Å². The number of fused-ring (bicyclic) bond motifs is 1. The Bertz CT molecular complexity index is 944. The Labute approximate surface area is 151 Å². The fourth-order valence-corrected chi connectivity index (χ4v) is 3.95. The van der Waals surface area contributed by atoms with Crippen LogP contribution in [0.4, 0.5) is 15.8 Å². The number of hydrogen-bond acceptors (Lipinski definition) is 4. The molecule has 0 aliphatic carbocycles. The lowest BCUT2D eigenvalue weighted by molar-refractivity contribution is -0.116. The molecule has 8 heteroatoms. The third-order valence-corrected chi connectivity index (χ3v) is 5.45. The molecule has 2 aromatic carbocycles. The van der Waals surface area contributed by atoms with Crippen molar-refractivity contribution in [3.63, 3.8) is 0 Å². The summed E-state index contributed by atoms with van der Waals surface area (Å²) < 4.78 is 47.6. The smallest absolute Gasteiger partial charge is 0.264 e. The van der Waals surface area contributed by atoms with E-state index in [4.69, 9.17) is 4.74 Å². The number of halogens is 1. The Hall–Kier alpha value is -2.45. The molecule has 0 saturated carbocycles. The van der Waals surface area contributed by atoms with Gasteiger partial charge in [-0.15, -0.1) is 0 Å². The molecule has 0 bridgehead atoms. The van der Waals surface area contributed by atoms with Gasteiger partial charge in [-0.1, -0.05) is 18.2 Å². The Kier molecular flexibility index (Phi) is 5.24. The standard InChI is InChI=1S/C18H19FN2O4S/c1-2-25-11-13-5-3-4-6-15(13)21-26(23,24)17-9-12-7-8-18(22)20-16(12)10-14(17)19/h3-6,9-10,21H,2,7-8,11H2,1H3,(H,20,22). The summed E-state index contributed by atoms with van der Waals surface area (Å²) in [4.78, 5) is 11.0. The third-order valence-electron chi connectivity index (χ3n) is 4.07. The van der Waals surface area contributed by atoms with E-state index >= 15 is 0 Å². The predicted molar refractivity (Wildman–Crippen MR) is 95.9 cm³/mol. The average Bonchev–Trinajstić information content (AvgIpc) is 2.60. The third kappa shape index (κ3) is 3.86. The summed E-state index contributed by atoms with van der Waals surface area (Å²) >= 11 is 0. The van der Waals surface area contributed by atoms with E-state index in [1.165, 1.54) is 6.07 Å². The summed E-state index contributed by atoms with van der Waals surface area (Å²) in [5.41, 5.74) is 1.90. The Morgan fingerprint density at radius 1 is 1.23 bits per heavy atom. The van der Waals surface area contributed by atoms with Gasteiger partial charge in [0.05, 0.1) is 12.3 Å². The number of carbonyl (C=O) groups is 1. The molecule has 2 aromatic rings. The van der Waals surface area contributed by atoms with Crippen molar-refractivity contribution in [1.29, 1.82) is 0 Å². The van der Waals surface area contributed by atoms with Gasteiger partial charge in [0.2, 0.25) is 5.91 Å². The van der Waals surface area contributed by atoms with Crippen LogP contribution in [0.5, 0.6) is 0 Å². The van der Waals surface area contributed by atoms with Gasteiger partial charge in [-0.3, -0.25) is 9.52 Å². The number of nitrogens with one attached hydrogen (secondary N) is 2. The number of rotatable bonds is 6. The fourth-order valence-electron chi connectivity index (χ4n) is 2.74. The van der Waals surface area contributed by atoms with Crippen molar-refractivity contribution in [3.8, 4) is 0 Å². The lowest BCUT2D eigenvalue weighted by Gasteiger charge is -2.19. The fraction of sp³-hybridized carbons (Fsp3) is 0.278. The normalized spacial score (nSPS) is 13.8. The molecule has 1 aliphatic rings. The zero-order chi connectivity index (χ0) is 18.7. The van der Waals surface area contributed by atoms with E-state index in [0.717, 1.165) is 6.07 Å². The maximum atomic E-state index is 14.4. The van der Waals surface area contributed by atoms with Crippen LogP contribution in [0.15, 0.2) is 41.3 Å². The molecule has 1 heterocycles. The molecule has 0 fully saturated rings. The highest BCUT2D eigenvalue weighted by molar-refractivity contribution is 7.92. The second-order valence-electron chi connectivity index (χ2n) is 5.89. The molecule has 6 nitrogen and oxygen atoms in total. The van der Waals surface area contributed by atoms with Crippen LogP contribution in [0.1, 0.15) is 24.5 Å². The summed E-state index contributed by atoms with van der Waals surface area (Å²) in [6, 6.07) is 9.12. The minimum Gasteiger partial charge on any atom is -0.377 e. The first-order chi connectivity index (χ1) is 12.4. The largest absolute Gasteiger partial charge is 0.377 e. The zero-order valence-corrected chi connectivity index (χ0v) is 15.0. The molecule has 0 aromatic heterocycles. The first-order valence-electron chi connectivity index (χ1n) is 8.21. The number of carbonyl (C=O) groups excluding carboxylic acids is 1. The number of anilines is 2. The second kappa shape index (κ2) is 7.43. The molecular weight excluding hydrogens is 359 g/mol.